The number of aliphatic hydroxyl groups is 1. The lowest BCUT2D eigenvalue weighted by molar-refractivity contribution is -0.118. The third-order valence-electron chi connectivity index (χ3n) is 2.43. The van der Waals surface area contributed by atoms with Crippen LogP contribution in [0, 0.1) is 6.92 Å². The fraction of sp³-hybridized carbons (Fsp3) is 0.417. The molecule has 0 saturated heterocycles. The molecule has 0 aliphatic carbocycles. The van der Waals surface area contributed by atoms with E-state index in [1.165, 1.54) is 12.2 Å². The molecule has 1 aromatic rings. The van der Waals surface area contributed by atoms with Crippen LogP contribution in [-0.4, -0.2) is 33.1 Å². The predicted octanol–water partition coefficient (Wildman–Crippen LogP) is -0.728. The molecule has 0 aliphatic rings. The number of carbonyl (C=O) groups excluding carboxylic acids is 1. The maximum atomic E-state index is 11.6. The first-order valence-electron chi connectivity index (χ1n) is 5.69. The molecule has 19 heavy (non-hydrogen) atoms. The van der Waals surface area contributed by atoms with Crippen LogP contribution in [0.4, 0.5) is 0 Å². The van der Waals surface area contributed by atoms with Crippen LogP contribution in [0.1, 0.15) is 25.1 Å². The van der Waals surface area contributed by atoms with Gasteiger partial charge in [0, 0.05) is 11.8 Å². The second-order valence-electron chi connectivity index (χ2n) is 4.81. The molecule has 0 aromatic carbocycles. The van der Waals surface area contributed by atoms with Crippen LogP contribution in [0.25, 0.3) is 6.08 Å². The number of aromatic amines is 2. The lowest BCUT2D eigenvalue weighted by Crippen LogP contribution is -2.45. The highest BCUT2D eigenvalue weighted by atomic mass is 16.3. The third kappa shape index (κ3) is 4.22. The van der Waals surface area contributed by atoms with Gasteiger partial charge in [0.2, 0.25) is 5.91 Å². The van der Waals surface area contributed by atoms with Crippen LogP contribution < -0.4 is 16.6 Å². The minimum atomic E-state index is -0.742. The topological polar surface area (TPSA) is 115 Å². The summed E-state index contributed by atoms with van der Waals surface area (Å²) in [5, 5.41) is 11.6. The zero-order valence-electron chi connectivity index (χ0n) is 11.0. The van der Waals surface area contributed by atoms with E-state index in [0.717, 1.165) is 0 Å². The molecule has 7 nitrogen and oxygen atoms in total. The minimum absolute atomic E-state index is 0.204. The summed E-state index contributed by atoms with van der Waals surface area (Å²) in [6.07, 6.45) is 2.49. The Hall–Kier alpha value is -2.15. The molecule has 0 saturated carbocycles. The molecule has 0 spiro atoms. The van der Waals surface area contributed by atoms with E-state index in [-0.39, 0.29) is 12.2 Å². The monoisotopic (exact) mass is 267 g/mol. The standard InChI is InChI=1S/C12H17N3O4/c1-7-8(10(18)14-11(19)13-7)4-5-9(17)15-12(2,3)6-16/h4-5,16H,6H2,1-3H3,(H,15,17)(H2,13,14,18,19)/b5-4-. The first-order chi connectivity index (χ1) is 8.75. The number of carbonyl (C=O) groups is 1. The average Bonchev–Trinajstić information content (AvgIpc) is 2.26. The van der Waals surface area contributed by atoms with Crippen molar-refractivity contribution >= 4 is 12.0 Å². The number of nitrogens with one attached hydrogen (secondary N) is 3. The molecule has 0 bridgehead atoms. The molecular formula is C12H17N3O4. The fourth-order valence-electron chi connectivity index (χ4n) is 1.38. The SMILES string of the molecule is Cc1[nH]c(=O)[nH]c(=O)c1/C=C\C(=O)NC(C)(C)CO. The maximum absolute atomic E-state index is 11.6. The Balaban J connectivity index is 2.92. The van der Waals surface area contributed by atoms with Crippen LogP contribution in [0.5, 0.6) is 0 Å². The Bertz CT molecular complexity index is 610. The molecule has 0 aliphatic heterocycles. The number of aryl methyl sites for hydroxylation is 1. The zero-order valence-corrected chi connectivity index (χ0v) is 11.0. The second kappa shape index (κ2) is 5.66. The lowest BCUT2D eigenvalue weighted by Gasteiger charge is -2.22. The number of hydrogen-bond acceptors (Lipinski definition) is 4. The van der Waals surface area contributed by atoms with E-state index in [1.807, 2.05) is 0 Å². The number of hydrogen-bond donors (Lipinski definition) is 4. The van der Waals surface area contributed by atoms with Crippen molar-refractivity contribution in [1.82, 2.24) is 15.3 Å². The Labute approximate surface area is 109 Å². The van der Waals surface area contributed by atoms with Crippen LogP contribution in [0.3, 0.4) is 0 Å². The average molecular weight is 267 g/mol. The largest absolute Gasteiger partial charge is 0.394 e. The van der Waals surface area contributed by atoms with E-state index in [0.29, 0.717) is 5.69 Å². The summed E-state index contributed by atoms with van der Waals surface area (Å²) in [6.45, 7) is 4.68. The number of H-pyrrole nitrogens is 2. The van der Waals surface area contributed by atoms with E-state index in [9.17, 15) is 14.4 Å². The van der Waals surface area contributed by atoms with Gasteiger partial charge in [-0.3, -0.25) is 14.6 Å². The molecule has 7 heteroatoms. The van der Waals surface area contributed by atoms with Crippen molar-refractivity contribution in [3.63, 3.8) is 0 Å². The molecule has 0 radical (unpaired) electrons. The van der Waals surface area contributed by atoms with E-state index in [4.69, 9.17) is 5.11 Å². The number of rotatable bonds is 4. The first kappa shape index (κ1) is 14.9. The van der Waals surface area contributed by atoms with Gasteiger partial charge in [-0.25, -0.2) is 4.79 Å². The summed E-state index contributed by atoms with van der Waals surface area (Å²) in [5.41, 5.74) is -1.32. The van der Waals surface area contributed by atoms with Gasteiger partial charge in [-0.15, -0.1) is 0 Å². The van der Waals surface area contributed by atoms with Gasteiger partial charge in [-0.05, 0) is 26.8 Å². The van der Waals surface area contributed by atoms with Gasteiger partial charge in [0.15, 0.2) is 0 Å². The summed E-state index contributed by atoms with van der Waals surface area (Å²) < 4.78 is 0. The predicted molar refractivity (Wildman–Crippen MR) is 70.8 cm³/mol. The quantitative estimate of drug-likeness (QED) is 0.538. The van der Waals surface area contributed by atoms with Crippen LogP contribution >= 0.6 is 0 Å². The van der Waals surface area contributed by atoms with Gasteiger partial charge in [-0.1, -0.05) is 0 Å². The second-order valence-corrected chi connectivity index (χ2v) is 4.81. The van der Waals surface area contributed by atoms with Gasteiger partial charge in [0.05, 0.1) is 17.7 Å². The first-order valence-corrected chi connectivity index (χ1v) is 5.69. The van der Waals surface area contributed by atoms with Crippen molar-refractivity contribution in [2.24, 2.45) is 0 Å². The molecule has 104 valence electrons. The highest BCUT2D eigenvalue weighted by molar-refractivity contribution is 5.92. The van der Waals surface area contributed by atoms with Crippen molar-refractivity contribution in [3.05, 3.63) is 38.2 Å². The van der Waals surface area contributed by atoms with Crippen molar-refractivity contribution in [3.8, 4) is 0 Å². The van der Waals surface area contributed by atoms with Gasteiger partial charge in [-0.2, -0.15) is 0 Å². The fourth-order valence-corrected chi connectivity index (χ4v) is 1.38. The third-order valence-corrected chi connectivity index (χ3v) is 2.43. The highest BCUT2D eigenvalue weighted by Gasteiger charge is 2.17. The van der Waals surface area contributed by atoms with E-state index in [2.05, 4.69) is 15.3 Å². The van der Waals surface area contributed by atoms with Crippen molar-refractivity contribution in [2.45, 2.75) is 26.3 Å². The van der Waals surface area contributed by atoms with Crippen molar-refractivity contribution in [2.75, 3.05) is 6.61 Å². The summed E-state index contributed by atoms with van der Waals surface area (Å²) in [7, 11) is 0. The highest BCUT2D eigenvalue weighted by Crippen LogP contribution is 2.01. The molecule has 0 fully saturated rings. The smallest absolute Gasteiger partial charge is 0.325 e. The molecule has 1 rings (SSSR count). The van der Waals surface area contributed by atoms with Gasteiger partial charge >= 0.3 is 5.69 Å². The summed E-state index contributed by atoms with van der Waals surface area (Å²) in [4.78, 5) is 38.6. The van der Waals surface area contributed by atoms with Gasteiger partial charge < -0.3 is 15.4 Å². The van der Waals surface area contributed by atoms with E-state index in [1.54, 1.807) is 20.8 Å². The summed E-state index contributed by atoms with van der Waals surface area (Å²) >= 11 is 0. The number of amides is 1. The van der Waals surface area contributed by atoms with Crippen LogP contribution in [0.15, 0.2) is 15.7 Å². The Morgan fingerprint density at radius 2 is 2.00 bits per heavy atom. The van der Waals surface area contributed by atoms with Gasteiger partial charge in [0.25, 0.3) is 5.56 Å². The van der Waals surface area contributed by atoms with Crippen LogP contribution in [-0.2, 0) is 4.79 Å². The molecule has 1 amide bonds. The zero-order chi connectivity index (χ0) is 14.6. The van der Waals surface area contributed by atoms with Crippen molar-refractivity contribution in [1.29, 1.82) is 0 Å². The molecular weight excluding hydrogens is 250 g/mol. The van der Waals surface area contributed by atoms with Crippen LogP contribution in [0.2, 0.25) is 0 Å². The number of aliphatic hydroxyl groups excluding tert-OH is 1. The normalized spacial score (nSPS) is 11.8. The Morgan fingerprint density at radius 3 is 2.53 bits per heavy atom. The summed E-state index contributed by atoms with van der Waals surface area (Å²) in [5.74, 6) is -0.441. The lowest BCUT2D eigenvalue weighted by atomic mass is 10.1. The molecule has 0 atom stereocenters. The van der Waals surface area contributed by atoms with Gasteiger partial charge in [0.1, 0.15) is 0 Å². The van der Waals surface area contributed by atoms with Crippen molar-refractivity contribution < 1.29 is 9.90 Å². The molecule has 0 unspecified atom stereocenters. The Kier molecular flexibility index (Phi) is 4.44. The van der Waals surface area contributed by atoms with E-state index < -0.39 is 22.7 Å². The number of aromatic nitrogens is 2. The minimum Gasteiger partial charge on any atom is -0.394 e. The molecule has 1 heterocycles. The maximum Gasteiger partial charge on any atom is 0.325 e. The molecule has 1 aromatic heterocycles. The van der Waals surface area contributed by atoms with E-state index >= 15 is 0 Å². The summed E-state index contributed by atoms with van der Waals surface area (Å²) in [6, 6.07) is 0. The molecule has 4 N–H and O–H groups in total. The Morgan fingerprint density at radius 1 is 1.37 bits per heavy atom.